The molecule has 6 nitrogen and oxygen atoms in total. The predicted molar refractivity (Wildman–Crippen MR) is 125 cm³/mol. The van der Waals surface area contributed by atoms with Gasteiger partial charge in [-0.25, -0.2) is 8.42 Å². The monoisotopic (exact) mass is 447 g/mol. The zero-order valence-corrected chi connectivity index (χ0v) is 18.5. The Balaban J connectivity index is 1.33. The Morgan fingerprint density at radius 3 is 1.97 bits per heavy atom. The van der Waals surface area contributed by atoms with E-state index in [-0.39, 0.29) is 11.8 Å². The molecule has 1 saturated heterocycles. The molecule has 32 heavy (non-hydrogen) atoms. The lowest BCUT2D eigenvalue weighted by Gasteiger charge is -2.39. The van der Waals surface area contributed by atoms with E-state index in [1.807, 2.05) is 54.6 Å². The van der Waals surface area contributed by atoms with Crippen LogP contribution in [-0.4, -0.2) is 49.0 Å². The van der Waals surface area contributed by atoms with Crippen LogP contribution in [0.2, 0.25) is 0 Å². The number of rotatable bonds is 6. The molecule has 0 N–H and O–H groups in total. The highest BCUT2D eigenvalue weighted by atomic mass is 32.2. The summed E-state index contributed by atoms with van der Waals surface area (Å²) in [7, 11) is -3.49. The second-order valence-electron chi connectivity index (χ2n) is 8.04. The number of sulfonamides is 1. The Kier molecular flexibility index (Phi) is 5.78. The molecule has 1 aliphatic rings. The van der Waals surface area contributed by atoms with Crippen molar-refractivity contribution in [2.75, 3.05) is 26.2 Å². The third-order valence-electron chi connectivity index (χ3n) is 6.03. The fourth-order valence-electron chi connectivity index (χ4n) is 4.43. The Bertz CT molecular complexity index is 1240. The third-order valence-corrected chi connectivity index (χ3v) is 7.82. The molecule has 7 heteroatoms. The Hall–Kier alpha value is -3.00. The summed E-state index contributed by atoms with van der Waals surface area (Å²) in [5.74, 6) is -0.148. The van der Waals surface area contributed by atoms with Crippen LogP contribution in [0.15, 0.2) is 89.5 Å². The number of hydrogen-bond donors (Lipinski definition) is 0. The first kappa shape index (κ1) is 20.9. The second kappa shape index (κ2) is 8.86. The molecule has 0 unspecified atom stereocenters. The van der Waals surface area contributed by atoms with Crippen LogP contribution in [0.25, 0.3) is 11.0 Å². The van der Waals surface area contributed by atoms with Gasteiger partial charge in [0, 0.05) is 31.6 Å². The van der Waals surface area contributed by atoms with Crippen LogP contribution < -0.4 is 0 Å². The van der Waals surface area contributed by atoms with Crippen molar-refractivity contribution in [1.29, 1.82) is 0 Å². The number of piperazine rings is 1. The van der Waals surface area contributed by atoms with E-state index in [4.69, 9.17) is 4.52 Å². The maximum absolute atomic E-state index is 13.1. The minimum absolute atomic E-state index is 0.0988. The van der Waals surface area contributed by atoms with Crippen molar-refractivity contribution in [2.24, 2.45) is 0 Å². The molecule has 0 spiro atoms. The molecule has 4 aromatic rings. The van der Waals surface area contributed by atoms with E-state index in [1.165, 1.54) is 11.1 Å². The van der Waals surface area contributed by atoms with Crippen LogP contribution in [0.5, 0.6) is 0 Å². The van der Waals surface area contributed by atoms with Crippen molar-refractivity contribution in [1.82, 2.24) is 14.4 Å². The van der Waals surface area contributed by atoms with Crippen molar-refractivity contribution in [3.8, 4) is 0 Å². The highest BCUT2D eigenvalue weighted by Gasteiger charge is 2.32. The summed E-state index contributed by atoms with van der Waals surface area (Å²) in [4.78, 5) is 2.36. The minimum atomic E-state index is -3.49. The van der Waals surface area contributed by atoms with Crippen LogP contribution in [0.1, 0.15) is 22.9 Å². The zero-order chi connectivity index (χ0) is 22.0. The summed E-state index contributed by atoms with van der Waals surface area (Å²) >= 11 is 0. The lowest BCUT2D eigenvalue weighted by molar-refractivity contribution is 0.155. The first-order valence-electron chi connectivity index (χ1n) is 10.8. The molecular formula is C25H25N3O3S. The number of fused-ring (bicyclic) bond motifs is 1. The van der Waals surface area contributed by atoms with Crippen LogP contribution in [0, 0.1) is 0 Å². The van der Waals surface area contributed by atoms with Gasteiger partial charge in [0.15, 0.2) is 5.58 Å². The quantitative estimate of drug-likeness (QED) is 0.446. The van der Waals surface area contributed by atoms with E-state index >= 15 is 0 Å². The topological polar surface area (TPSA) is 66.7 Å². The number of hydrogen-bond acceptors (Lipinski definition) is 5. The SMILES string of the molecule is O=S(=O)(Cc1noc2ccccc12)N1CCN(C(c2ccccc2)c2ccccc2)CC1. The minimum Gasteiger partial charge on any atom is -0.356 e. The fraction of sp³-hybridized carbons (Fsp3) is 0.240. The molecular weight excluding hydrogens is 422 g/mol. The second-order valence-corrected chi connectivity index (χ2v) is 10.0. The molecule has 0 radical (unpaired) electrons. The van der Waals surface area contributed by atoms with E-state index in [2.05, 4.69) is 34.3 Å². The van der Waals surface area contributed by atoms with E-state index in [0.29, 0.717) is 37.5 Å². The molecule has 0 saturated carbocycles. The molecule has 0 aliphatic carbocycles. The molecule has 1 fully saturated rings. The van der Waals surface area contributed by atoms with E-state index in [1.54, 1.807) is 10.4 Å². The smallest absolute Gasteiger partial charge is 0.220 e. The van der Waals surface area contributed by atoms with Crippen molar-refractivity contribution >= 4 is 21.0 Å². The maximum atomic E-state index is 13.1. The van der Waals surface area contributed by atoms with Gasteiger partial charge in [0.2, 0.25) is 10.0 Å². The number of nitrogens with zero attached hydrogens (tertiary/aromatic N) is 3. The largest absolute Gasteiger partial charge is 0.356 e. The van der Waals surface area contributed by atoms with Gasteiger partial charge < -0.3 is 4.52 Å². The summed E-state index contributed by atoms with van der Waals surface area (Å²) in [5.41, 5.74) is 3.50. The van der Waals surface area contributed by atoms with Gasteiger partial charge in [0.1, 0.15) is 11.4 Å². The molecule has 1 aliphatic heterocycles. The van der Waals surface area contributed by atoms with Crippen molar-refractivity contribution in [2.45, 2.75) is 11.8 Å². The lowest BCUT2D eigenvalue weighted by atomic mass is 9.96. The summed E-state index contributed by atoms with van der Waals surface area (Å²) in [5, 5.41) is 4.76. The fourth-order valence-corrected chi connectivity index (χ4v) is 5.89. The predicted octanol–water partition coefficient (Wildman–Crippen LogP) is 4.06. The van der Waals surface area contributed by atoms with Gasteiger partial charge >= 0.3 is 0 Å². The van der Waals surface area contributed by atoms with Gasteiger partial charge in [-0.2, -0.15) is 4.31 Å². The highest BCUT2D eigenvalue weighted by Crippen LogP contribution is 2.30. The van der Waals surface area contributed by atoms with Gasteiger partial charge in [0.25, 0.3) is 0 Å². The average molecular weight is 448 g/mol. The third kappa shape index (κ3) is 4.19. The van der Waals surface area contributed by atoms with E-state index in [0.717, 1.165) is 5.39 Å². The molecule has 1 aromatic heterocycles. The standard InChI is InChI=1S/C25H25N3O3S/c29-32(30,19-23-22-13-7-8-14-24(22)31-26-23)28-17-15-27(16-18-28)25(20-9-3-1-4-10-20)21-11-5-2-6-12-21/h1-14,25H,15-19H2. The number of benzene rings is 3. The van der Waals surface area contributed by atoms with Gasteiger partial charge in [0.05, 0.1) is 6.04 Å². The molecule has 0 bridgehead atoms. The lowest BCUT2D eigenvalue weighted by Crippen LogP contribution is -2.50. The molecule has 2 heterocycles. The Labute approximate surface area is 188 Å². The average Bonchev–Trinajstić information content (AvgIpc) is 3.23. The zero-order valence-electron chi connectivity index (χ0n) is 17.7. The van der Waals surface area contributed by atoms with Crippen LogP contribution in [-0.2, 0) is 15.8 Å². The molecule has 5 rings (SSSR count). The van der Waals surface area contributed by atoms with E-state index < -0.39 is 10.0 Å². The first-order chi connectivity index (χ1) is 15.6. The molecule has 164 valence electrons. The normalized spacial score (nSPS) is 16.0. The van der Waals surface area contributed by atoms with Crippen molar-refractivity contribution < 1.29 is 12.9 Å². The summed E-state index contributed by atoms with van der Waals surface area (Å²) in [6.45, 7) is 2.23. The van der Waals surface area contributed by atoms with E-state index in [9.17, 15) is 8.42 Å². The van der Waals surface area contributed by atoms with Gasteiger partial charge in [-0.05, 0) is 23.3 Å². The summed E-state index contributed by atoms with van der Waals surface area (Å²) < 4.78 is 33.1. The van der Waals surface area contributed by atoms with Crippen molar-refractivity contribution in [3.05, 3.63) is 102 Å². The highest BCUT2D eigenvalue weighted by molar-refractivity contribution is 7.88. The molecule has 0 amide bonds. The van der Waals surface area contributed by atoms with Crippen molar-refractivity contribution in [3.63, 3.8) is 0 Å². The number of aromatic nitrogens is 1. The van der Waals surface area contributed by atoms with Gasteiger partial charge in [-0.1, -0.05) is 78.0 Å². The Morgan fingerprint density at radius 2 is 1.34 bits per heavy atom. The summed E-state index contributed by atoms with van der Waals surface area (Å²) in [6.07, 6.45) is 0. The number of para-hydroxylation sites is 1. The Morgan fingerprint density at radius 1 is 0.781 bits per heavy atom. The van der Waals surface area contributed by atoms with Crippen LogP contribution >= 0.6 is 0 Å². The van der Waals surface area contributed by atoms with Gasteiger partial charge in [-0.3, -0.25) is 4.90 Å². The first-order valence-corrected chi connectivity index (χ1v) is 12.4. The van der Waals surface area contributed by atoms with Crippen LogP contribution in [0.4, 0.5) is 0 Å². The summed E-state index contributed by atoms with van der Waals surface area (Å²) in [6, 6.07) is 28.2. The molecule has 0 atom stereocenters. The van der Waals surface area contributed by atoms with Gasteiger partial charge in [-0.15, -0.1) is 0 Å². The maximum Gasteiger partial charge on any atom is 0.220 e. The molecule has 3 aromatic carbocycles. The van der Waals surface area contributed by atoms with Crippen LogP contribution in [0.3, 0.4) is 0 Å².